The Bertz CT molecular complexity index is 1070. The predicted molar refractivity (Wildman–Crippen MR) is 150 cm³/mol. The highest BCUT2D eigenvalue weighted by Gasteiger charge is 2.11. The first kappa shape index (κ1) is 31.6. The van der Waals surface area contributed by atoms with E-state index >= 15 is 0 Å². The summed E-state index contributed by atoms with van der Waals surface area (Å²) in [6.07, 6.45) is 6.90. The number of rotatable bonds is 19. The van der Waals surface area contributed by atoms with Crippen LogP contribution >= 0.6 is 0 Å². The molecule has 39 heavy (non-hydrogen) atoms. The van der Waals surface area contributed by atoms with E-state index < -0.39 is 25.2 Å². The minimum absolute atomic E-state index is 0.000318. The largest absolute Gasteiger partial charge is 0.490 e. The Morgan fingerprint density at radius 1 is 0.718 bits per heavy atom. The van der Waals surface area contributed by atoms with Crippen molar-refractivity contribution >= 4 is 11.9 Å². The number of carbonyl (C=O) groups excluding carboxylic acids is 2. The molecule has 8 nitrogen and oxygen atoms in total. The fourth-order valence-corrected chi connectivity index (χ4v) is 3.70. The number of hydrogen-bond acceptors (Lipinski definition) is 8. The normalized spacial score (nSPS) is 10.5. The SMILES string of the molecule is C=C(CO)C(=O)OCCOc1ccc(-c2cc(OCCOC(=O)C(=C)CO)ccc2CCCCCCC)cc1. The van der Waals surface area contributed by atoms with Gasteiger partial charge in [-0.15, -0.1) is 0 Å². The number of ether oxygens (including phenoxy) is 4. The van der Waals surface area contributed by atoms with Gasteiger partial charge in [-0.2, -0.15) is 0 Å². The first-order valence-corrected chi connectivity index (χ1v) is 13.3. The van der Waals surface area contributed by atoms with Crippen LogP contribution in [0.15, 0.2) is 66.8 Å². The van der Waals surface area contributed by atoms with E-state index in [0.29, 0.717) is 11.5 Å². The molecular weight excluding hydrogens is 500 g/mol. The number of unbranched alkanes of at least 4 members (excludes halogenated alkanes) is 4. The van der Waals surface area contributed by atoms with Crippen molar-refractivity contribution in [2.45, 2.75) is 45.4 Å². The molecule has 2 N–H and O–H groups in total. The Hall–Kier alpha value is -3.62. The molecule has 0 bridgehead atoms. The summed E-state index contributed by atoms with van der Waals surface area (Å²) in [7, 11) is 0. The molecule has 2 aromatic rings. The Kier molecular flexibility index (Phi) is 14.4. The van der Waals surface area contributed by atoms with E-state index in [1.165, 1.54) is 31.2 Å². The van der Waals surface area contributed by atoms with Crippen LogP contribution in [0, 0.1) is 0 Å². The second-order valence-electron chi connectivity index (χ2n) is 9.00. The van der Waals surface area contributed by atoms with E-state index in [2.05, 4.69) is 26.1 Å². The Balaban J connectivity index is 2.03. The van der Waals surface area contributed by atoms with Crippen molar-refractivity contribution in [1.29, 1.82) is 0 Å². The fourth-order valence-electron chi connectivity index (χ4n) is 3.70. The molecule has 212 valence electrons. The summed E-state index contributed by atoms with van der Waals surface area (Å²) in [5.41, 5.74) is 3.28. The van der Waals surface area contributed by atoms with Crippen molar-refractivity contribution in [3.05, 3.63) is 72.3 Å². The van der Waals surface area contributed by atoms with Gasteiger partial charge in [-0.25, -0.2) is 9.59 Å². The highest BCUT2D eigenvalue weighted by atomic mass is 16.6. The third-order valence-corrected chi connectivity index (χ3v) is 5.93. The third kappa shape index (κ3) is 11.3. The van der Waals surface area contributed by atoms with Crippen molar-refractivity contribution in [3.8, 4) is 22.6 Å². The standard InChI is InChI=1S/C31H40O8/c1-4-5-6-7-8-9-25-12-15-28(37-17-19-39-31(35)24(3)22-33)20-29(25)26-10-13-27(14-11-26)36-16-18-38-30(34)23(2)21-32/h10-15,20,32-33H,2-9,16-19,21-22H2,1H3. The molecule has 0 aliphatic carbocycles. The van der Waals surface area contributed by atoms with E-state index in [9.17, 15) is 9.59 Å². The zero-order valence-electron chi connectivity index (χ0n) is 22.8. The van der Waals surface area contributed by atoms with E-state index in [-0.39, 0.29) is 37.6 Å². The monoisotopic (exact) mass is 540 g/mol. The van der Waals surface area contributed by atoms with Crippen molar-refractivity contribution in [2.75, 3.05) is 39.6 Å². The number of aliphatic hydroxyl groups excluding tert-OH is 2. The van der Waals surface area contributed by atoms with Crippen molar-refractivity contribution < 1.29 is 38.7 Å². The summed E-state index contributed by atoms with van der Waals surface area (Å²) >= 11 is 0. The lowest BCUT2D eigenvalue weighted by molar-refractivity contribution is -0.141. The molecule has 0 amide bonds. The summed E-state index contributed by atoms with van der Waals surface area (Å²) in [6.45, 7) is 8.62. The number of carbonyl (C=O) groups is 2. The zero-order valence-corrected chi connectivity index (χ0v) is 22.8. The smallest absolute Gasteiger partial charge is 0.335 e. The van der Waals surface area contributed by atoms with Crippen molar-refractivity contribution in [2.24, 2.45) is 0 Å². The Labute approximate surface area is 230 Å². The topological polar surface area (TPSA) is 112 Å². The quantitative estimate of drug-likeness (QED) is 0.148. The van der Waals surface area contributed by atoms with E-state index in [1.807, 2.05) is 36.4 Å². The van der Waals surface area contributed by atoms with Crippen LogP contribution in [0.2, 0.25) is 0 Å². The lowest BCUT2D eigenvalue weighted by atomic mass is 9.95. The Morgan fingerprint density at radius 2 is 1.26 bits per heavy atom. The highest BCUT2D eigenvalue weighted by Crippen LogP contribution is 2.31. The zero-order chi connectivity index (χ0) is 28.5. The maximum absolute atomic E-state index is 11.6. The first-order chi connectivity index (χ1) is 18.9. The first-order valence-electron chi connectivity index (χ1n) is 13.3. The third-order valence-electron chi connectivity index (χ3n) is 5.93. The number of hydrogen-bond donors (Lipinski definition) is 2. The molecule has 0 spiro atoms. The second-order valence-corrected chi connectivity index (χ2v) is 9.00. The van der Waals surface area contributed by atoms with Crippen molar-refractivity contribution in [3.63, 3.8) is 0 Å². The summed E-state index contributed by atoms with van der Waals surface area (Å²) in [5, 5.41) is 17.9. The summed E-state index contributed by atoms with van der Waals surface area (Å²) in [5.74, 6) is 0.00445. The summed E-state index contributed by atoms with van der Waals surface area (Å²) in [6, 6.07) is 13.6. The van der Waals surface area contributed by atoms with Crippen molar-refractivity contribution in [1.82, 2.24) is 0 Å². The minimum Gasteiger partial charge on any atom is -0.490 e. The van der Waals surface area contributed by atoms with E-state index in [0.717, 1.165) is 24.0 Å². The molecule has 0 saturated carbocycles. The molecule has 0 heterocycles. The average molecular weight is 541 g/mol. The molecule has 0 fully saturated rings. The van der Waals surface area contributed by atoms with E-state index in [4.69, 9.17) is 29.2 Å². The lowest BCUT2D eigenvalue weighted by Gasteiger charge is -2.14. The Morgan fingerprint density at radius 3 is 1.82 bits per heavy atom. The minimum atomic E-state index is -0.644. The number of benzene rings is 2. The molecule has 8 heteroatoms. The van der Waals surface area contributed by atoms with Gasteiger partial charge in [-0.05, 0) is 53.8 Å². The van der Waals surface area contributed by atoms with Gasteiger partial charge in [0.15, 0.2) is 0 Å². The van der Waals surface area contributed by atoms with Crippen LogP contribution in [-0.4, -0.2) is 61.8 Å². The van der Waals surface area contributed by atoms with Crippen LogP contribution in [0.3, 0.4) is 0 Å². The molecule has 0 radical (unpaired) electrons. The van der Waals surface area contributed by atoms with Crippen LogP contribution in [0.4, 0.5) is 0 Å². The molecule has 0 unspecified atom stereocenters. The van der Waals surface area contributed by atoms with Gasteiger partial charge in [-0.1, -0.05) is 64.0 Å². The van der Waals surface area contributed by atoms with Gasteiger partial charge in [0.1, 0.15) is 37.9 Å². The lowest BCUT2D eigenvalue weighted by Crippen LogP contribution is -2.15. The number of esters is 2. The number of aliphatic hydroxyl groups is 2. The van der Waals surface area contributed by atoms with Gasteiger partial charge < -0.3 is 29.2 Å². The molecule has 0 aliphatic rings. The molecule has 0 aromatic heterocycles. The van der Waals surface area contributed by atoms with Crippen LogP contribution in [0.25, 0.3) is 11.1 Å². The molecule has 0 aliphatic heterocycles. The van der Waals surface area contributed by atoms with Crippen LogP contribution in [0.5, 0.6) is 11.5 Å². The van der Waals surface area contributed by atoms with Gasteiger partial charge >= 0.3 is 11.9 Å². The van der Waals surface area contributed by atoms with Gasteiger partial charge in [0.05, 0.1) is 24.4 Å². The van der Waals surface area contributed by atoms with E-state index in [1.54, 1.807) is 0 Å². The van der Waals surface area contributed by atoms with Gasteiger partial charge in [0, 0.05) is 0 Å². The maximum Gasteiger partial charge on any atom is 0.335 e. The molecule has 0 atom stereocenters. The molecule has 2 rings (SSSR count). The number of aryl methyl sites for hydroxylation is 1. The van der Waals surface area contributed by atoms with Crippen LogP contribution < -0.4 is 9.47 Å². The van der Waals surface area contributed by atoms with Gasteiger partial charge in [0.2, 0.25) is 0 Å². The summed E-state index contributed by atoms with van der Waals surface area (Å²) < 4.78 is 21.5. The summed E-state index contributed by atoms with van der Waals surface area (Å²) in [4.78, 5) is 23.2. The molecular formula is C31H40O8. The maximum atomic E-state index is 11.6. The fraction of sp³-hybridized carbons (Fsp3) is 0.419. The average Bonchev–Trinajstić information content (AvgIpc) is 2.97. The van der Waals surface area contributed by atoms with Gasteiger partial charge in [0.25, 0.3) is 0 Å². The predicted octanol–water partition coefficient (Wildman–Crippen LogP) is 4.81. The molecule has 0 saturated heterocycles. The highest BCUT2D eigenvalue weighted by molar-refractivity contribution is 5.88. The molecule has 2 aromatic carbocycles. The van der Waals surface area contributed by atoms with Gasteiger partial charge in [-0.3, -0.25) is 0 Å². The van der Waals surface area contributed by atoms with Crippen LogP contribution in [-0.2, 0) is 25.5 Å². The second kappa shape index (κ2) is 17.8. The van der Waals surface area contributed by atoms with Crippen LogP contribution in [0.1, 0.15) is 44.6 Å².